The van der Waals surface area contributed by atoms with E-state index >= 15 is 0 Å². The van der Waals surface area contributed by atoms with Crippen LogP contribution in [0.2, 0.25) is 0 Å². The van der Waals surface area contributed by atoms with Crippen LogP contribution in [-0.2, 0) is 4.79 Å². The van der Waals surface area contributed by atoms with Crippen molar-refractivity contribution in [2.75, 3.05) is 13.1 Å². The highest BCUT2D eigenvalue weighted by atomic mass is 19.1. The zero-order chi connectivity index (χ0) is 15.7. The average molecular weight is 298 g/mol. The van der Waals surface area contributed by atoms with Gasteiger partial charge in [-0.05, 0) is 6.07 Å². The van der Waals surface area contributed by atoms with E-state index in [0.29, 0.717) is 12.1 Å². The number of likely N-dealkylation sites (tertiary alicyclic amines) is 1. The van der Waals surface area contributed by atoms with E-state index in [0.717, 1.165) is 0 Å². The van der Waals surface area contributed by atoms with Gasteiger partial charge < -0.3 is 4.90 Å². The van der Waals surface area contributed by atoms with Crippen LogP contribution in [0.1, 0.15) is 23.7 Å². The Morgan fingerprint density at radius 2 is 2.10 bits per heavy atom. The Labute approximate surface area is 118 Å². The zero-order valence-electron chi connectivity index (χ0n) is 11.1. The number of carbonyl (C=O) groups is 2. The number of piperidine rings is 1. The molecule has 8 heteroatoms. The third-order valence-electron chi connectivity index (χ3n) is 3.40. The van der Waals surface area contributed by atoms with E-state index in [9.17, 15) is 28.5 Å². The lowest BCUT2D eigenvalue weighted by Crippen LogP contribution is -2.43. The minimum Gasteiger partial charge on any atom is -0.337 e. The van der Waals surface area contributed by atoms with Crippen LogP contribution in [0.5, 0.6) is 0 Å². The highest BCUT2D eigenvalue weighted by Gasteiger charge is 2.31. The molecular formula is C13H12F2N2O4. The van der Waals surface area contributed by atoms with Gasteiger partial charge in [-0.1, -0.05) is 6.92 Å². The molecule has 0 spiro atoms. The van der Waals surface area contributed by atoms with Crippen molar-refractivity contribution >= 4 is 17.4 Å². The number of nitrogens with zero attached hydrogens (tertiary/aromatic N) is 2. The number of nitro groups is 1. The molecule has 0 radical (unpaired) electrons. The second kappa shape index (κ2) is 5.55. The summed E-state index contributed by atoms with van der Waals surface area (Å²) in [7, 11) is 0. The van der Waals surface area contributed by atoms with E-state index in [1.807, 2.05) is 0 Å². The van der Waals surface area contributed by atoms with Gasteiger partial charge in [-0.3, -0.25) is 19.7 Å². The van der Waals surface area contributed by atoms with Gasteiger partial charge >= 0.3 is 5.69 Å². The molecule has 6 nitrogen and oxygen atoms in total. The first-order chi connectivity index (χ1) is 9.81. The zero-order valence-corrected chi connectivity index (χ0v) is 11.1. The second-order valence-corrected chi connectivity index (χ2v) is 4.91. The molecule has 2 rings (SSSR count). The fraction of sp³-hybridized carbons (Fsp3) is 0.385. The molecule has 1 fully saturated rings. The van der Waals surface area contributed by atoms with Crippen molar-refractivity contribution in [3.05, 3.63) is 39.4 Å². The number of rotatable bonds is 2. The summed E-state index contributed by atoms with van der Waals surface area (Å²) < 4.78 is 27.3. The predicted octanol–water partition coefficient (Wildman–Crippen LogP) is 1.92. The SMILES string of the molecule is CC1CN(C(=O)c2cc(F)cc([N+](=O)[O-])c2F)CCC1=O. The number of hydrogen-bond acceptors (Lipinski definition) is 4. The van der Waals surface area contributed by atoms with E-state index in [-0.39, 0.29) is 25.3 Å². The van der Waals surface area contributed by atoms with Crippen molar-refractivity contribution in [1.29, 1.82) is 0 Å². The Balaban J connectivity index is 2.35. The van der Waals surface area contributed by atoms with Crippen LogP contribution in [0.4, 0.5) is 14.5 Å². The number of Topliss-reactive ketones (excluding diaryl/α,β-unsaturated/α-hetero) is 1. The van der Waals surface area contributed by atoms with Crippen LogP contribution in [0.15, 0.2) is 12.1 Å². The molecule has 1 amide bonds. The minimum absolute atomic E-state index is 0.00950. The van der Waals surface area contributed by atoms with Crippen molar-refractivity contribution in [2.24, 2.45) is 5.92 Å². The van der Waals surface area contributed by atoms with Gasteiger partial charge in [-0.25, -0.2) is 4.39 Å². The first kappa shape index (κ1) is 15.0. The topological polar surface area (TPSA) is 80.5 Å². The van der Waals surface area contributed by atoms with E-state index in [2.05, 4.69) is 0 Å². The first-order valence-electron chi connectivity index (χ1n) is 6.26. The summed E-state index contributed by atoms with van der Waals surface area (Å²) in [6.07, 6.45) is 0.131. The molecule has 21 heavy (non-hydrogen) atoms. The number of carbonyl (C=O) groups excluding carboxylic acids is 2. The Morgan fingerprint density at radius 1 is 1.43 bits per heavy atom. The van der Waals surface area contributed by atoms with Gasteiger partial charge in [0.2, 0.25) is 5.82 Å². The summed E-state index contributed by atoms with van der Waals surface area (Å²) in [6.45, 7) is 1.80. The Hall–Kier alpha value is -2.38. The monoisotopic (exact) mass is 298 g/mol. The van der Waals surface area contributed by atoms with Gasteiger partial charge in [0.15, 0.2) is 0 Å². The molecular weight excluding hydrogens is 286 g/mol. The largest absolute Gasteiger partial charge is 0.337 e. The molecule has 1 aliphatic heterocycles. The van der Waals surface area contributed by atoms with Crippen LogP contribution >= 0.6 is 0 Å². The lowest BCUT2D eigenvalue weighted by Gasteiger charge is -2.30. The molecule has 1 unspecified atom stereocenters. The highest BCUT2D eigenvalue weighted by molar-refractivity contribution is 5.96. The first-order valence-corrected chi connectivity index (χ1v) is 6.26. The van der Waals surface area contributed by atoms with Crippen LogP contribution < -0.4 is 0 Å². The van der Waals surface area contributed by atoms with E-state index in [4.69, 9.17) is 0 Å². The maximum atomic E-state index is 14.0. The number of halogens is 2. The third kappa shape index (κ3) is 2.88. The summed E-state index contributed by atoms with van der Waals surface area (Å²) in [5.41, 5.74) is -1.78. The van der Waals surface area contributed by atoms with Crippen molar-refractivity contribution in [3.8, 4) is 0 Å². The molecule has 112 valence electrons. The highest BCUT2D eigenvalue weighted by Crippen LogP contribution is 2.25. The minimum atomic E-state index is -1.36. The number of hydrogen-bond donors (Lipinski definition) is 0. The van der Waals surface area contributed by atoms with Crippen molar-refractivity contribution < 1.29 is 23.3 Å². The molecule has 0 bridgehead atoms. The number of amides is 1. The predicted molar refractivity (Wildman–Crippen MR) is 67.7 cm³/mol. The van der Waals surface area contributed by atoms with Gasteiger partial charge in [0, 0.05) is 25.4 Å². The molecule has 0 aromatic heterocycles. The Kier molecular flexibility index (Phi) is 3.97. The number of ketones is 1. The van der Waals surface area contributed by atoms with E-state index < -0.39 is 39.6 Å². The summed E-state index contributed by atoms with van der Waals surface area (Å²) >= 11 is 0. The quantitative estimate of drug-likeness (QED) is 0.617. The fourth-order valence-electron chi connectivity index (χ4n) is 2.23. The summed E-state index contributed by atoms with van der Waals surface area (Å²) in [4.78, 5) is 34.4. The second-order valence-electron chi connectivity index (χ2n) is 4.91. The fourth-order valence-corrected chi connectivity index (χ4v) is 2.23. The maximum absolute atomic E-state index is 14.0. The van der Waals surface area contributed by atoms with Crippen LogP contribution in [0, 0.1) is 27.7 Å². The molecule has 1 atom stereocenters. The van der Waals surface area contributed by atoms with Crippen molar-refractivity contribution in [2.45, 2.75) is 13.3 Å². The van der Waals surface area contributed by atoms with Gasteiger partial charge in [0.1, 0.15) is 11.6 Å². The van der Waals surface area contributed by atoms with Gasteiger partial charge in [0.05, 0.1) is 16.6 Å². The summed E-state index contributed by atoms with van der Waals surface area (Å²) in [6, 6.07) is 1.06. The molecule has 1 heterocycles. The number of benzene rings is 1. The van der Waals surface area contributed by atoms with Crippen LogP contribution in [0.25, 0.3) is 0 Å². The molecule has 1 saturated heterocycles. The van der Waals surface area contributed by atoms with Gasteiger partial charge in [-0.2, -0.15) is 4.39 Å². The Bertz CT molecular complexity index is 633. The molecule has 1 aromatic rings. The molecule has 0 aliphatic carbocycles. The third-order valence-corrected chi connectivity index (χ3v) is 3.40. The van der Waals surface area contributed by atoms with Gasteiger partial charge in [0.25, 0.3) is 5.91 Å². The van der Waals surface area contributed by atoms with Crippen LogP contribution in [0.3, 0.4) is 0 Å². The lowest BCUT2D eigenvalue weighted by atomic mass is 9.98. The summed E-state index contributed by atoms with van der Waals surface area (Å²) in [5, 5.41) is 10.6. The maximum Gasteiger partial charge on any atom is 0.308 e. The van der Waals surface area contributed by atoms with Gasteiger partial charge in [-0.15, -0.1) is 0 Å². The standard InChI is InChI=1S/C13H12F2N2O4/c1-7-6-16(3-2-11(7)18)13(19)9-4-8(14)5-10(12(9)15)17(20)21/h4-5,7H,2-3,6H2,1H3. The van der Waals surface area contributed by atoms with Crippen molar-refractivity contribution in [1.82, 2.24) is 4.90 Å². The van der Waals surface area contributed by atoms with Crippen molar-refractivity contribution in [3.63, 3.8) is 0 Å². The average Bonchev–Trinajstić information content (AvgIpc) is 2.43. The normalized spacial score (nSPS) is 18.7. The molecule has 0 N–H and O–H groups in total. The van der Waals surface area contributed by atoms with E-state index in [1.54, 1.807) is 6.92 Å². The van der Waals surface area contributed by atoms with Crippen LogP contribution in [-0.4, -0.2) is 34.6 Å². The van der Waals surface area contributed by atoms with E-state index in [1.165, 1.54) is 4.90 Å². The summed E-state index contributed by atoms with van der Waals surface area (Å²) in [5.74, 6) is -3.68. The number of nitro benzene ring substituents is 1. The molecule has 0 saturated carbocycles. The molecule has 1 aliphatic rings. The smallest absolute Gasteiger partial charge is 0.308 e. The lowest BCUT2D eigenvalue weighted by molar-refractivity contribution is -0.387. The molecule has 1 aromatic carbocycles. The Morgan fingerprint density at radius 3 is 2.67 bits per heavy atom.